The van der Waals surface area contributed by atoms with Crippen molar-refractivity contribution in [1.29, 1.82) is 0 Å². The molecule has 0 spiro atoms. The Morgan fingerprint density at radius 2 is 1.88 bits per heavy atom. The number of amides is 2. The Morgan fingerprint density at radius 3 is 2.58 bits per heavy atom. The SMILES string of the molecule is Cc1ccc(N2C[C@H](NC(=O)COc3ccccc3)CC2=O)cc1. The standard InChI is InChI=1S/C19H20N2O3/c1-14-7-9-16(10-8-14)21-12-15(11-19(21)23)20-18(22)13-24-17-5-3-2-4-6-17/h2-10,15H,11-13H2,1H3,(H,20,22)/t15-/m1/s1. The molecule has 1 N–H and O–H groups in total. The van der Waals surface area contributed by atoms with E-state index < -0.39 is 0 Å². The smallest absolute Gasteiger partial charge is 0.258 e. The zero-order valence-electron chi connectivity index (χ0n) is 13.6. The number of carbonyl (C=O) groups is 2. The molecule has 1 aliphatic rings. The van der Waals surface area contributed by atoms with Crippen molar-refractivity contribution in [3.63, 3.8) is 0 Å². The zero-order valence-corrected chi connectivity index (χ0v) is 13.6. The molecule has 2 aromatic rings. The Labute approximate surface area is 141 Å². The van der Waals surface area contributed by atoms with E-state index in [9.17, 15) is 9.59 Å². The molecule has 5 nitrogen and oxygen atoms in total. The number of hydrogen-bond acceptors (Lipinski definition) is 3. The van der Waals surface area contributed by atoms with Crippen LogP contribution in [0, 0.1) is 6.92 Å². The topological polar surface area (TPSA) is 58.6 Å². The van der Waals surface area contributed by atoms with Gasteiger partial charge >= 0.3 is 0 Å². The normalized spacial score (nSPS) is 17.0. The Bertz CT molecular complexity index is 713. The minimum Gasteiger partial charge on any atom is -0.484 e. The minimum atomic E-state index is -0.220. The summed E-state index contributed by atoms with van der Waals surface area (Å²) < 4.78 is 5.42. The maximum Gasteiger partial charge on any atom is 0.258 e. The third kappa shape index (κ3) is 3.93. The number of ether oxygens (including phenoxy) is 1. The molecule has 3 rings (SSSR count). The number of rotatable bonds is 5. The molecule has 124 valence electrons. The fourth-order valence-electron chi connectivity index (χ4n) is 2.71. The van der Waals surface area contributed by atoms with Gasteiger partial charge in [-0.2, -0.15) is 0 Å². The number of para-hydroxylation sites is 1. The molecule has 0 aromatic heterocycles. The molecule has 1 saturated heterocycles. The first-order valence-electron chi connectivity index (χ1n) is 7.96. The highest BCUT2D eigenvalue weighted by Gasteiger charge is 2.31. The van der Waals surface area contributed by atoms with Gasteiger partial charge in [-0.3, -0.25) is 9.59 Å². The van der Waals surface area contributed by atoms with E-state index in [1.807, 2.05) is 49.4 Å². The van der Waals surface area contributed by atoms with Gasteiger partial charge in [-0.15, -0.1) is 0 Å². The molecular formula is C19H20N2O3. The van der Waals surface area contributed by atoms with Crippen LogP contribution in [0.1, 0.15) is 12.0 Å². The van der Waals surface area contributed by atoms with Gasteiger partial charge in [0, 0.05) is 18.7 Å². The van der Waals surface area contributed by atoms with Crippen molar-refractivity contribution >= 4 is 17.5 Å². The minimum absolute atomic E-state index is 0.0214. The van der Waals surface area contributed by atoms with Crippen molar-refractivity contribution in [1.82, 2.24) is 5.32 Å². The lowest BCUT2D eigenvalue weighted by atomic mass is 10.2. The zero-order chi connectivity index (χ0) is 16.9. The first kappa shape index (κ1) is 16.1. The van der Waals surface area contributed by atoms with Gasteiger partial charge in [0.25, 0.3) is 5.91 Å². The summed E-state index contributed by atoms with van der Waals surface area (Å²) in [6.07, 6.45) is 0.310. The predicted molar refractivity (Wildman–Crippen MR) is 92.0 cm³/mol. The van der Waals surface area contributed by atoms with E-state index in [2.05, 4.69) is 5.32 Å². The summed E-state index contributed by atoms with van der Waals surface area (Å²) in [5.41, 5.74) is 2.01. The molecule has 1 fully saturated rings. The molecule has 0 bridgehead atoms. The Morgan fingerprint density at radius 1 is 1.17 bits per heavy atom. The second-order valence-electron chi connectivity index (χ2n) is 5.91. The van der Waals surface area contributed by atoms with Crippen LogP contribution >= 0.6 is 0 Å². The number of anilines is 1. The highest BCUT2D eigenvalue weighted by atomic mass is 16.5. The Balaban J connectivity index is 1.52. The van der Waals surface area contributed by atoms with Crippen LogP contribution < -0.4 is 15.0 Å². The van der Waals surface area contributed by atoms with Crippen molar-refractivity contribution in [3.05, 3.63) is 60.2 Å². The number of aryl methyl sites for hydroxylation is 1. The second-order valence-corrected chi connectivity index (χ2v) is 5.91. The third-order valence-electron chi connectivity index (χ3n) is 3.95. The molecule has 1 heterocycles. The van der Waals surface area contributed by atoms with Crippen molar-refractivity contribution in [3.8, 4) is 5.75 Å². The fraction of sp³-hybridized carbons (Fsp3) is 0.263. The van der Waals surface area contributed by atoms with Crippen LogP contribution in [0.3, 0.4) is 0 Å². The van der Waals surface area contributed by atoms with E-state index in [4.69, 9.17) is 4.74 Å². The number of nitrogens with zero attached hydrogens (tertiary/aromatic N) is 1. The first-order valence-corrected chi connectivity index (χ1v) is 7.96. The van der Waals surface area contributed by atoms with Gasteiger partial charge in [-0.25, -0.2) is 0 Å². The molecule has 2 aromatic carbocycles. The fourth-order valence-corrected chi connectivity index (χ4v) is 2.71. The number of nitrogens with one attached hydrogen (secondary N) is 1. The second kappa shape index (κ2) is 7.17. The third-order valence-corrected chi connectivity index (χ3v) is 3.95. The van der Waals surface area contributed by atoms with Gasteiger partial charge in [0.1, 0.15) is 5.75 Å². The molecular weight excluding hydrogens is 304 g/mol. The molecule has 0 unspecified atom stereocenters. The van der Waals surface area contributed by atoms with Gasteiger partial charge in [-0.1, -0.05) is 35.9 Å². The molecule has 5 heteroatoms. The van der Waals surface area contributed by atoms with Crippen molar-refractivity contribution in [2.24, 2.45) is 0 Å². The first-order chi connectivity index (χ1) is 11.6. The van der Waals surface area contributed by atoms with Gasteiger partial charge in [0.15, 0.2) is 6.61 Å². The van der Waals surface area contributed by atoms with E-state index in [1.54, 1.807) is 17.0 Å². The number of benzene rings is 2. The monoisotopic (exact) mass is 324 g/mol. The molecule has 0 aliphatic carbocycles. The number of hydrogen-bond donors (Lipinski definition) is 1. The van der Waals surface area contributed by atoms with Crippen molar-refractivity contribution in [2.45, 2.75) is 19.4 Å². The van der Waals surface area contributed by atoms with E-state index in [0.717, 1.165) is 11.3 Å². The van der Waals surface area contributed by atoms with E-state index in [-0.39, 0.29) is 24.5 Å². The lowest BCUT2D eigenvalue weighted by Crippen LogP contribution is -2.39. The van der Waals surface area contributed by atoms with Crippen molar-refractivity contribution in [2.75, 3.05) is 18.1 Å². The van der Waals surface area contributed by atoms with Crippen LogP contribution in [0.15, 0.2) is 54.6 Å². The maximum absolute atomic E-state index is 12.2. The molecule has 0 radical (unpaired) electrons. The van der Waals surface area contributed by atoms with Gasteiger partial charge < -0.3 is 15.0 Å². The Hall–Kier alpha value is -2.82. The molecule has 2 amide bonds. The molecule has 0 saturated carbocycles. The molecule has 24 heavy (non-hydrogen) atoms. The number of carbonyl (C=O) groups excluding carboxylic acids is 2. The summed E-state index contributed by atoms with van der Waals surface area (Å²) in [5, 5.41) is 2.86. The summed E-state index contributed by atoms with van der Waals surface area (Å²) >= 11 is 0. The Kier molecular flexibility index (Phi) is 4.79. The average Bonchev–Trinajstić information content (AvgIpc) is 2.95. The van der Waals surface area contributed by atoms with Crippen LogP contribution in [0.4, 0.5) is 5.69 Å². The lowest BCUT2D eigenvalue weighted by molar-refractivity contribution is -0.123. The summed E-state index contributed by atoms with van der Waals surface area (Å²) in [7, 11) is 0. The summed E-state index contributed by atoms with van der Waals surface area (Å²) in [4.78, 5) is 25.9. The summed E-state index contributed by atoms with van der Waals surface area (Å²) in [6.45, 7) is 2.43. The lowest BCUT2D eigenvalue weighted by Gasteiger charge is -2.17. The summed E-state index contributed by atoms with van der Waals surface area (Å²) in [6, 6.07) is 16.8. The van der Waals surface area contributed by atoms with Crippen LogP contribution in [-0.2, 0) is 9.59 Å². The summed E-state index contributed by atoms with van der Waals surface area (Å²) in [5.74, 6) is 0.451. The van der Waals surface area contributed by atoms with Crippen LogP contribution in [0.25, 0.3) is 0 Å². The van der Waals surface area contributed by atoms with Crippen LogP contribution in [-0.4, -0.2) is 31.0 Å². The van der Waals surface area contributed by atoms with Crippen molar-refractivity contribution < 1.29 is 14.3 Å². The maximum atomic E-state index is 12.2. The van der Waals surface area contributed by atoms with E-state index in [0.29, 0.717) is 18.7 Å². The predicted octanol–water partition coefficient (Wildman–Crippen LogP) is 2.30. The quantitative estimate of drug-likeness (QED) is 0.918. The molecule has 1 atom stereocenters. The molecule has 1 aliphatic heterocycles. The average molecular weight is 324 g/mol. The van der Waals surface area contributed by atoms with Crippen LogP contribution in [0.5, 0.6) is 5.75 Å². The van der Waals surface area contributed by atoms with Gasteiger partial charge in [-0.05, 0) is 31.2 Å². The largest absolute Gasteiger partial charge is 0.484 e. The van der Waals surface area contributed by atoms with E-state index in [1.165, 1.54) is 0 Å². The highest BCUT2D eigenvalue weighted by molar-refractivity contribution is 5.96. The van der Waals surface area contributed by atoms with E-state index >= 15 is 0 Å². The highest BCUT2D eigenvalue weighted by Crippen LogP contribution is 2.22. The van der Waals surface area contributed by atoms with Gasteiger partial charge in [0.05, 0.1) is 6.04 Å². The van der Waals surface area contributed by atoms with Crippen LogP contribution in [0.2, 0.25) is 0 Å². The van der Waals surface area contributed by atoms with Gasteiger partial charge in [0.2, 0.25) is 5.91 Å².